The van der Waals surface area contributed by atoms with E-state index in [1.807, 2.05) is 13.8 Å². The van der Waals surface area contributed by atoms with E-state index in [-0.39, 0.29) is 5.78 Å². The van der Waals surface area contributed by atoms with Gasteiger partial charge in [-0.2, -0.15) is 5.10 Å². The molecule has 0 saturated heterocycles. The van der Waals surface area contributed by atoms with Gasteiger partial charge < -0.3 is 0 Å². The summed E-state index contributed by atoms with van der Waals surface area (Å²) >= 11 is 6.05. The van der Waals surface area contributed by atoms with E-state index in [4.69, 9.17) is 11.6 Å². The molecule has 2 aromatic rings. The van der Waals surface area contributed by atoms with Crippen LogP contribution in [0.4, 0.5) is 0 Å². The van der Waals surface area contributed by atoms with Gasteiger partial charge in [0.05, 0.1) is 11.2 Å². The zero-order valence-corrected chi connectivity index (χ0v) is 11.1. The van der Waals surface area contributed by atoms with E-state index < -0.39 is 0 Å². The predicted molar refractivity (Wildman–Crippen MR) is 69.9 cm³/mol. The molecule has 0 N–H and O–H groups in total. The van der Waals surface area contributed by atoms with Crippen molar-refractivity contribution in [3.05, 3.63) is 46.5 Å². The van der Waals surface area contributed by atoms with Gasteiger partial charge in [0, 0.05) is 24.0 Å². The van der Waals surface area contributed by atoms with Crippen LogP contribution in [0.5, 0.6) is 0 Å². The normalized spacial score (nSPS) is 10.6. The van der Waals surface area contributed by atoms with Crippen molar-refractivity contribution in [2.45, 2.75) is 26.8 Å². The molecular weight excluding hydrogens is 250 g/mol. The third kappa shape index (κ3) is 2.43. The van der Waals surface area contributed by atoms with Crippen LogP contribution in [0.2, 0.25) is 5.02 Å². The van der Waals surface area contributed by atoms with Crippen LogP contribution in [0.1, 0.15) is 35.1 Å². The van der Waals surface area contributed by atoms with Crippen LogP contribution in [0.25, 0.3) is 0 Å². The van der Waals surface area contributed by atoms with Gasteiger partial charge >= 0.3 is 0 Å². The minimum atomic E-state index is -0.114. The average Bonchev–Trinajstić information content (AvgIpc) is 2.70. The van der Waals surface area contributed by atoms with Crippen molar-refractivity contribution in [1.29, 1.82) is 0 Å². The Labute approximate surface area is 111 Å². The topological polar surface area (TPSA) is 47.8 Å². The zero-order chi connectivity index (χ0) is 13.1. The summed E-state index contributed by atoms with van der Waals surface area (Å²) < 4.78 is 1.65. The Kier molecular flexibility index (Phi) is 3.77. The Bertz CT molecular complexity index is 577. The van der Waals surface area contributed by atoms with E-state index >= 15 is 0 Å². The molecule has 0 unspecified atom stereocenters. The second-order valence-electron chi connectivity index (χ2n) is 4.08. The van der Waals surface area contributed by atoms with E-state index in [1.165, 1.54) is 6.20 Å². The fourth-order valence-corrected chi connectivity index (χ4v) is 2.02. The summed E-state index contributed by atoms with van der Waals surface area (Å²) in [6, 6.07) is 3.44. The average molecular weight is 264 g/mol. The Morgan fingerprint density at radius 1 is 1.50 bits per heavy atom. The number of pyridine rings is 1. The molecule has 0 amide bonds. The number of carbonyl (C=O) groups is 1. The van der Waals surface area contributed by atoms with E-state index in [9.17, 15) is 4.79 Å². The lowest BCUT2D eigenvalue weighted by Crippen LogP contribution is -2.12. The van der Waals surface area contributed by atoms with Crippen molar-refractivity contribution in [2.75, 3.05) is 0 Å². The highest BCUT2D eigenvalue weighted by Gasteiger charge is 2.18. The molecular formula is C13H14ClN3O. The number of rotatable bonds is 4. The number of halogens is 1. The molecule has 0 aliphatic heterocycles. The second-order valence-corrected chi connectivity index (χ2v) is 4.49. The molecule has 0 saturated carbocycles. The Morgan fingerprint density at radius 3 is 2.94 bits per heavy atom. The van der Waals surface area contributed by atoms with Crippen molar-refractivity contribution in [2.24, 2.45) is 0 Å². The van der Waals surface area contributed by atoms with E-state index in [0.717, 1.165) is 12.1 Å². The van der Waals surface area contributed by atoms with E-state index in [0.29, 0.717) is 22.8 Å². The number of hydrogen-bond acceptors (Lipinski definition) is 3. The maximum absolute atomic E-state index is 12.4. The number of nitrogens with zero attached hydrogens (tertiary/aromatic N) is 3. The van der Waals surface area contributed by atoms with Crippen molar-refractivity contribution in [3.8, 4) is 0 Å². The van der Waals surface area contributed by atoms with Crippen molar-refractivity contribution in [3.63, 3.8) is 0 Å². The van der Waals surface area contributed by atoms with Gasteiger partial charge in [-0.1, -0.05) is 18.5 Å². The lowest BCUT2D eigenvalue weighted by atomic mass is 10.1. The Hall–Kier alpha value is -1.68. The van der Waals surface area contributed by atoms with Gasteiger partial charge in [-0.3, -0.25) is 14.5 Å². The van der Waals surface area contributed by atoms with Crippen molar-refractivity contribution < 1.29 is 4.79 Å². The molecule has 2 aromatic heterocycles. The van der Waals surface area contributed by atoms with Crippen molar-refractivity contribution in [1.82, 2.24) is 14.8 Å². The molecule has 4 nitrogen and oxygen atoms in total. The van der Waals surface area contributed by atoms with Crippen LogP contribution in [0, 0.1) is 6.92 Å². The molecule has 2 heterocycles. The SMILES string of the molecule is CCCn1ncc(Cl)c1C(=O)c1ccnc(C)c1. The maximum Gasteiger partial charge on any atom is 0.212 e. The lowest BCUT2D eigenvalue weighted by Gasteiger charge is -2.06. The van der Waals surface area contributed by atoms with Gasteiger partial charge in [-0.25, -0.2) is 0 Å². The molecule has 0 fully saturated rings. The summed E-state index contributed by atoms with van der Waals surface area (Å²) in [5.74, 6) is -0.114. The first-order valence-electron chi connectivity index (χ1n) is 5.82. The second kappa shape index (κ2) is 5.31. The summed E-state index contributed by atoms with van der Waals surface area (Å²) in [6.07, 6.45) is 4.03. The third-order valence-electron chi connectivity index (χ3n) is 2.60. The van der Waals surface area contributed by atoms with Crippen LogP contribution in [0.3, 0.4) is 0 Å². The largest absolute Gasteiger partial charge is 0.287 e. The lowest BCUT2D eigenvalue weighted by molar-refractivity contribution is 0.102. The molecule has 0 radical (unpaired) electrons. The first kappa shape index (κ1) is 12.8. The van der Waals surface area contributed by atoms with Crippen LogP contribution < -0.4 is 0 Å². The van der Waals surface area contributed by atoms with E-state index in [1.54, 1.807) is 23.0 Å². The van der Waals surface area contributed by atoms with Crippen molar-refractivity contribution >= 4 is 17.4 Å². The highest BCUT2D eigenvalue weighted by molar-refractivity contribution is 6.34. The quantitative estimate of drug-likeness (QED) is 0.797. The molecule has 2 rings (SSSR count). The molecule has 0 bridgehead atoms. The minimum absolute atomic E-state index is 0.114. The molecule has 0 spiro atoms. The minimum Gasteiger partial charge on any atom is -0.287 e. The number of carbonyl (C=O) groups excluding carboxylic acids is 1. The number of hydrogen-bond donors (Lipinski definition) is 0. The Morgan fingerprint density at radius 2 is 2.28 bits per heavy atom. The van der Waals surface area contributed by atoms with Crippen LogP contribution in [-0.4, -0.2) is 20.5 Å². The predicted octanol–water partition coefficient (Wildman–Crippen LogP) is 2.88. The van der Waals surface area contributed by atoms with Crippen LogP contribution >= 0.6 is 11.6 Å². The summed E-state index contributed by atoms with van der Waals surface area (Å²) in [5.41, 5.74) is 1.84. The summed E-state index contributed by atoms with van der Waals surface area (Å²) in [5, 5.41) is 4.51. The van der Waals surface area contributed by atoms with Crippen LogP contribution in [-0.2, 0) is 6.54 Å². The summed E-state index contributed by atoms with van der Waals surface area (Å²) in [4.78, 5) is 16.5. The maximum atomic E-state index is 12.4. The molecule has 18 heavy (non-hydrogen) atoms. The number of aryl methyl sites for hydroxylation is 2. The van der Waals surface area contributed by atoms with Gasteiger partial charge in [0.1, 0.15) is 5.69 Å². The highest BCUT2D eigenvalue weighted by Crippen LogP contribution is 2.19. The third-order valence-corrected chi connectivity index (χ3v) is 2.88. The summed E-state index contributed by atoms with van der Waals surface area (Å²) in [6.45, 7) is 4.56. The van der Waals surface area contributed by atoms with Gasteiger partial charge in [-0.05, 0) is 25.5 Å². The Balaban J connectivity index is 2.42. The van der Waals surface area contributed by atoms with Crippen LogP contribution in [0.15, 0.2) is 24.5 Å². The smallest absolute Gasteiger partial charge is 0.212 e. The number of aromatic nitrogens is 3. The molecule has 0 atom stereocenters. The molecule has 94 valence electrons. The molecule has 0 aromatic carbocycles. The number of ketones is 1. The zero-order valence-electron chi connectivity index (χ0n) is 10.4. The highest BCUT2D eigenvalue weighted by atomic mass is 35.5. The van der Waals surface area contributed by atoms with Gasteiger partial charge in [0.15, 0.2) is 0 Å². The molecule has 0 aliphatic rings. The van der Waals surface area contributed by atoms with Gasteiger partial charge in [-0.15, -0.1) is 0 Å². The van der Waals surface area contributed by atoms with Gasteiger partial charge in [0.2, 0.25) is 5.78 Å². The molecule has 5 heteroatoms. The standard InChI is InChI=1S/C13H14ClN3O/c1-3-6-17-12(11(14)8-16-17)13(18)10-4-5-15-9(2)7-10/h4-5,7-8H,3,6H2,1-2H3. The first-order chi connectivity index (χ1) is 8.63. The fraction of sp³-hybridized carbons (Fsp3) is 0.308. The molecule has 0 aliphatic carbocycles. The van der Waals surface area contributed by atoms with E-state index in [2.05, 4.69) is 10.1 Å². The summed E-state index contributed by atoms with van der Waals surface area (Å²) in [7, 11) is 0. The van der Waals surface area contributed by atoms with Gasteiger partial charge in [0.25, 0.3) is 0 Å². The fourth-order valence-electron chi connectivity index (χ4n) is 1.79. The monoisotopic (exact) mass is 263 g/mol. The first-order valence-corrected chi connectivity index (χ1v) is 6.20.